The summed E-state index contributed by atoms with van der Waals surface area (Å²) >= 11 is 0. The molecule has 1 aliphatic rings. The van der Waals surface area contributed by atoms with Crippen molar-refractivity contribution >= 4 is 24.8 Å². The van der Waals surface area contributed by atoms with Crippen LogP contribution in [0, 0.1) is 0 Å². The zero-order valence-corrected chi connectivity index (χ0v) is 15.4. The van der Waals surface area contributed by atoms with Crippen molar-refractivity contribution in [1.82, 2.24) is 10.3 Å². The largest absolute Gasteiger partial charge is 0.304 e. The third-order valence-corrected chi connectivity index (χ3v) is 5.17. The van der Waals surface area contributed by atoms with Crippen LogP contribution in [0.5, 0.6) is 0 Å². The van der Waals surface area contributed by atoms with Crippen molar-refractivity contribution in [3.63, 3.8) is 0 Å². The van der Waals surface area contributed by atoms with Gasteiger partial charge in [-0.3, -0.25) is 4.98 Å². The van der Waals surface area contributed by atoms with Crippen LogP contribution in [0.1, 0.15) is 56.2 Å². The number of benzene rings is 1. The normalized spacial score (nSPS) is 22.0. The molecule has 2 heterocycles. The predicted octanol–water partition coefficient (Wildman–Crippen LogP) is 5.30. The number of hydrogen-bond acceptors (Lipinski definition) is 2. The summed E-state index contributed by atoms with van der Waals surface area (Å²) in [4.78, 5) is 4.17. The van der Waals surface area contributed by atoms with Gasteiger partial charge in [0.2, 0.25) is 0 Å². The molecule has 23 heavy (non-hydrogen) atoms. The fourth-order valence-corrected chi connectivity index (χ4v) is 3.87. The number of hydrogen-bond donors (Lipinski definition) is 1. The van der Waals surface area contributed by atoms with E-state index < -0.39 is 0 Å². The molecule has 1 fully saturated rings. The summed E-state index contributed by atoms with van der Waals surface area (Å²) in [6, 6.07) is 15.6. The molecule has 2 atom stereocenters. The molecule has 0 radical (unpaired) electrons. The Kier molecular flexibility index (Phi) is 7.53. The van der Waals surface area contributed by atoms with Crippen LogP contribution in [0.15, 0.2) is 54.9 Å². The summed E-state index contributed by atoms with van der Waals surface area (Å²) in [7, 11) is 0. The van der Waals surface area contributed by atoms with Gasteiger partial charge in [-0.1, -0.05) is 44.2 Å². The highest BCUT2D eigenvalue weighted by Crippen LogP contribution is 2.47. The molecule has 0 bridgehead atoms. The molecule has 1 N–H and O–H groups in total. The number of pyridine rings is 1. The van der Waals surface area contributed by atoms with Crippen LogP contribution >= 0.6 is 24.8 Å². The predicted molar refractivity (Wildman–Crippen MR) is 102 cm³/mol. The number of nitrogens with one attached hydrogen (secondary N) is 1. The van der Waals surface area contributed by atoms with E-state index in [1.54, 1.807) is 0 Å². The summed E-state index contributed by atoms with van der Waals surface area (Å²) in [5.74, 6) is 0.556. The summed E-state index contributed by atoms with van der Waals surface area (Å²) < 4.78 is 0. The lowest BCUT2D eigenvalue weighted by molar-refractivity contribution is 0.303. The molecule has 1 saturated heterocycles. The first-order valence-corrected chi connectivity index (χ1v) is 8.01. The summed E-state index contributed by atoms with van der Waals surface area (Å²) in [6.07, 6.45) is 7.30. The molecule has 0 amide bonds. The summed E-state index contributed by atoms with van der Waals surface area (Å²) in [6.45, 7) is 4.61. The molecule has 1 aromatic heterocycles. The summed E-state index contributed by atoms with van der Waals surface area (Å²) in [5.41, 5.74) is 3.02. The van der Waals surface area contributed by atoms with Crippen molar-refractivity contribution in [3.05, 3.63) is 66.0 Å². The van der Waals surface area contributed by atoms with Gasteiger partial charge in [0.25, 0.3) is 0 Å². The van der Waals surface area contributed by atoms with Crippen LogP contribution < -0.4 is 5.32 Å². The molecular formula is C19H26Cl2N2. The van der Waals surface area contributed by atoms with Gasteiger partial charge in [0.05, 0.1) is 0 Å². The highest BCUT2D eigenvalue weighted by Gasteiger charge is 2.45. The van der Waals surface area contributed by atoms with Gasteiger partial charge >= 0.3 is 0 Å². The Morgan fingerprint density at radius 1 is 0.957 bits per heavy atom. The van der Waals surface area contributed by atoms with Crippen LogP contribution in [0.2, 0.25) is 0 Å². The third kappa shape index (κ3) is 3.88. The summed E-state index contributed by atoms with van der Waals surface area (Å²) in [5, 5.41) is 3.95. The highest BCUT2D eigenvalue weighted by atomic mass is 35.5. The van der Waals surface area contributed by atoms with E-state index in [0.717, 1.165) is 19.3 Å². The highest BCUT2D eigenvalue weighted by molar-refractivity contribution is 5.85. The molecule has 0 unspecified atom stereocenters. The quantitative estimate of drug-likeness (QED) is 0.807. The molecule has 1 aliphatic heterocycles. The van der Waals surface area contributed by atoms with Crippen molar-refractivity contribution < 1.29 is 0 Å². The van der Waals surface area contributed by atoms with Gasteiger partial charge in [0.1, 0.15) is 0 Å². The Morgan fingerprint density at radius 2 is 1.57 bits per heavy atom. The van der Waals surface area contributed by atoms with Gasteiger partial charge in [-0.15, -0.1) is 24.8 Å². The van der Waals surface area contributed by atoms with E-state index in [-0.39, 0.29) is 30.4 Å². The van der Waals surface area contributed by atoms with Crippen LogP contribution in [0.3, 0.4) is 0 Å². The Bertz CT molecular complexity index is 570. The Hall–Kier alpha value is -1.09. The minimum atomic E-state index is 0. The number of halogens is 2. The molecule has 2 nitrogen and oxygen atoms in total. The lowest BCUT2D eigenvalue weighted by Gasteiger charge is -2.34. The minimum absolute atomic E-state index is 0. The second-order valence-electron chi connectivity index (χ2n) is 6.04. The molecule has 0 saturated carbocycles. The van der Waals surface area contributed by atoms with Crippen molar-refractivity contribution in [2.24, 2.45) is 0 Å². The minimum Gasteiger partial charge on any atom is -0.304 e. The fourth-order valence-electron chi connectivity index (χ4n) is 3.87. The molecule has 4 heteroatoms. The zero-order valence-electron chi connectivity index (χ0n) is 13.7. The monoisotopic (exact) mass is 352 g/mol. The average molecular weight is 353 g/mol. The maximum absolute atomic E-state index is 4.17. The van der Waals surface area contributed by atoms with Gasteiger partial charge in [-0.2, -0.15) is 0 Å². The standard InChI is InChI=1S/C19H24N2.2ClH/c1-3-19(4-2)17(15-10-12-20-13-11-15)14-18(21-19)16-8-6-5-7-9-16;;/h5-13,17-18,21H,3-4,14H2,1-2H3;2*1H/t17-,18+;;/m1../s1. The maximum Gasteiger partial charge on any atom is 0.0331 e. The van der Waals surface area contributed by atoms with E-state index in [4.69, 9.17) is 0 Å². The second-order valence-corrected chi connectivity index (χ2v) is 6.04. The molecule has 0 aliphatic carbocycles. The fraction of sp³-hybridized carbons (Fsp3) is 0.421. The third-order valence-electron chi connectivity index (χ3n) is 5.17. The van der Waals surface area contributed by atoms with Gasteiger partial charge in [-0.05, 0) is 42.5 Å². The van der Waals surface area contributed by atoms with Crippen LogP contribution in [-0.2, 0) is 0 Å². The number of nitrogens with zero attached hydrogens (tertiary/aromatic N) is 1. The van der Waals surface area contributed by atoms with E-state index in [1.807, 2.05) is 12.4 Å². The van der Waals surface area contributed by atoms with Crippen molar-refractivity contribution in [2.45, 2.75) is 50.6 Å². The molecule has 1 aromatic carbocycles. The molecular weight excluding hydrogens is 327 g/mol. The SMILES string of the molecule is CCC1(CC)N[C@H](c2ccccc2)C[C@@H]1c1ccncc1.Cl.Cl. The average Bonchev–Trinajstić information content (AvgIpc) is 2.97. The molecule has 126 valence electrons. The van der Waals surface area contributed by atoms with Crippen LogP contribution in [-0.4, -0.2) is 10.5 Å². The Balaban J connectivity index is 0.00000132. The van der Waals surface area contributed by atoms with Crippen molar-refractivity contribution in [3.8, 4) is 0 Å². The number of rotatable bonds is 4. The van der Waals surface area contributed by atoms with E-state index in [9.17, 15) is 0 Å². The van der Waals surface area contributed by atoms with Gasteiger partial charge in [0, 0.05) is 29.9 Å². The van der Waals surface area contributed by atoms with Crippen molar-refractivity contribution in [1.29, 1.82) is 0 Å². The second kappa shape index (κ2) is 8.68. The first-order chi connectivity index (χ1) is 10.3. The Labute approximate surface area is 151 Å². The van der Waals surface area contributed by atoms with E-state index in [2.05, 4.69) is 66.6 Å². The Morgan fingerprint density at radius 3 is 2.13 bits per heavy atom. The lowest BCUT2D eigenvalue weighted by atomic mass is 9.77. The first-order valence-electron chi connectivity index (χ1n) is 8.01. The van der Waals surface area contributed by atoms with Crippen LogP contribution in [0.4, 0.5) is 0 Å². The maximum atomic E-state index is 4.17. The lowest BCUT2D eigenvalue weighted by Crippen LogP contribution is -2.43. The smallest absolute Gasteiger partial charge is 0.0331 e. The van der Waals surface area contributed by atoms with Gasteiger partial charge in [-0.25, -0.2) is 0 Å². The van der Waals surface area contributed by atoms with Gasteiger partial charge in [0.15, 0.2) is 0 Å². The van der Waals surface area contributed by atoms with E-state index >= 15 is 0 Å². The van der Waals surface area contributed by atoms with Crippen LogP contribution in [0.25, 0.3) is 0 Å². The van der Waals surface area contributed by atoms with E-state index in [0.29, 0.717) is 12.0 Å². The van der Waals surface area contributed by atoms with Crippen molar-refractivity contribution in [2.75, 3.05) is 0 Å². The van der Waals surface area contributed by atoms with Gasteiger partial charge < -0.3 is 5.32 Å². The first kappa shape index (κ1) is 20.0. The molecule has 3 rings (SSSR count). The topological polar surface area (TPSA) is 24.9 Å². The molecule has 0 spiro atoms. The molecule has 2 aromatic rings. The van der Waals surface area contributed by atoms with E-state index in [1.165, 1.54) is 11.1 Å². The zero-order chi connectivity index (χ0) is 14.7. The number of aromatic nitrogens is 1.